The van der Waals surface area contributed by atoms with Crippen molar-refractivity contribution in [2.24, 2.45) is 5.92 Å². The Morgan fingerprint density at radius 2 is 2.11 bits per heavy atom. The van der Waals surface area contributed by atoms with Crippen molar-refractivity contribution in [2.75, 3.05) is 52.5 Å². The number of carbonyl (C=O) groups excluding carboxylic acids is 1. The van der Waals surface area contributed by atoms with E-state index in [1.807, 2.05) is 4.90 Å². The molecule has 3 heterocycles. The molecule has 0 unspecified atom stereocenters. The molecule has 1 amide bonds. The van der Waals surface area contributed by atoms with E-state index in [0.717, 1.165) is 38.6 Å². The maximum Gasteiger partial charge on any atom is 0.236 e. The number of hydrogen-bond acceptors (Lipinski definition) is 4. The van der Waals surface area contributed by atoms with Gasteiger partial charge in [-0.1, -0.05) is 0 Å². The van der Waals surface area contributed by atoms with Crippen LogP contribution in [0.2, 0.25) is 0 Å². The Hall–Kier alpha value is -0.650. The predicted molar refractivity (Wildman–Crippen MR) is 68.4 cm³/mol. The minimum atomic E-state index is 0.275. The standard InChI is InChI=1S/C13H23N3O2/c17-13(16-4-6-18-7-5-16)10-15-8-11-2-1-3-14-12(11)9-15/h11-12,14H,1-10H2/t11-,12+/m0/s1. The van der Waals surface area contributed by atoms with Crippen molar-refractivity contribution >= 4 is 5.91 Å². The third-order valence-corrected chi connectivity index (χ3v) is 4.40. The molecule has 0 aromatic rings. The predicted octanol–water partition coefficient (Wildman–Crippen LogP) is -0.471. The highest BCUT2D eigenvalue weighted by Crippen LogP contribution is 2.24. The fourth-order valence-electron chi connectivity index (χ4n) is 3.37. The second-order valence-corrected chi connectivity index (χ2v) is 5.65. The number of amides is 1. The number of likely N-dealkylation sites (tertiary alicyclic amines) is 1. The van der Waals surface area contributed by atoms with Crippen molar-refractivity contribution in [3.63, 3.8) is 0 Å². The lowest BCUT2D eigenvalue weighted by molar-refractivity contribution is -0.136. The molecule has 5 nitrogen and oxygen atoms in total. The van der Waals surface area contributed by atoms with E-state index in [1.165, 1.54) is 12.8 Å². The molecule has 3 aliphatic heterocycles. The first-order valence-electron chi connectivity index (χ1n) is 7.14. The summed E-state index contributed by atoms with van der Waals surface area (Å²) in [4.78, 5) is 16.4. The van der Waals surface area contributed by atoms with Crippen LogP contribution in [0.25, 0.3) is 0 Å². The van der Waals surface area contributed by atoms with Crippen LogP contribution in [-0.2, 0) is 9.53 Å². The summed E-state index contributed by atoms with van der Waals surface area (Å²) in [6, 6.07) is 0.622. The van der Waals surface area contributed by atoms with E-state index in [4.69, 9.17) is 4.74 Å². The van der Waals surface area contributed by atoms with E-state index >= 15 is 0 Å². The van der Waals surface area contributed by atoms with Crippen LogP contribution in [0.4, 0.5) is 0 Å². The topological polar surface area (TPSA) is 44.8 Å². The quantitative estimate of drug-likeness (QED) is 0.722. The highest BCUT2D eigenvalue weighted by Gasteiger charge is 2.35. The SMILES string of the molecule is O=C(CN1C[C@@H]2CCCN[C@@H]2C1)N1CCOCC1. The van der Waals surface area contributed by atoms with Crippen LogP contribution < -0.4 is 5.32 Å². The third-order valence-electron chi connectivity index (χ3n) is 4.40. The Balaban J connectivity index is 1.49. The minimum Gasteiger partial charge on any atom is -0.378 e. The molecule has 3 aliphatic rings. The number of nitrogens with one attached hydrogen (secondary N) is 1. The molecule has 2 atom stereocenters. The van der Waals surface area contributed by atoms with Gasteiger partial charge in [0.15, 0.2) is 0 Å². The van der Waals surface area contributed by atoms with Gasteiger partial charge in [0.25, 0.3) is 0 Å². The van der Waals surface area contributed by atoms with Crippen LogP contribution in [0.15, 0.2) is 0 Å². The lowest BCUT2D eigenvalue weighted by Crippen LogP contribution is -2.45. The van der Waals surface area contributed by atoms with Crippen molar-refractivity contribution < 1.29 is 9.53 Å². The van der Waals surface area contributed by atoms with Crippen molar-refractivity contribution in [2.45, 2.75) is 18.9 Å². The summed E-state index contributed by atoms with van der Waals surface area (Å²) in [6.07, 6.45) is 2.60. The first kappa shape index (κ1) is 12.4. The molecule has 18 heavy (non-hydrogen) atoms. The number of rotatable bonds is 2. The zero-order valence-electron chi connectivity index (χ0n) is 10.9. The van der Waals surface area contributed by atoms with Gasteiger partial charge in [-0.05, 0) is 25.3 Å². The number of nitrogens with zero attached hydrogens (tertiary/aromatic N) is 2. The van der Waals surface area contributed by atoms with E-state index in [2.05, 4.69) is 10.2 Å². The number of piperidine rings is 1. The first-order chi connectivity index (χ1) is 8.83. The van der Waals surface area contributed by atoms with E-state index in [0.29, 0.717) is 25.8 Å². The van der Waals surface area contributed by atoms with Gasteiger partial charge in [0, 0.05) is 32.2 Å². The van der Waals surface area contributed by atoms with E-state index < -0.39 is 0 Å². The summed E-state index contributed by atoms with van der Waals surface area (Å²) in [5, 5.41) is 3.58. The number of ether oxygens (including phenoxy) is 1. The van der Waals surface area contributed by atoms with Gasteiger partial charge >= 0.3 is 0 Å². The monoisotopic (exact) mass is 253 g/mol. The van der Waals surface area contributed by atoms with E-state index in [9.17, 15) is 4.79 Å². The van der Waals surface area contributed by atoms with E-state index in [1.54, 1.807) is 0 Å². The second kappa shape index (κ2) is 5.55. The van der Waals surface area contributed by atoms with Crippen LogP contribution >= 0.6 is 0 Å². The van der Waals surface area contributed by atoms with Gasteiger partial charge in [-0.3, -0.25) is 9.69 Å². The lowest BCUT2D eigenvalue weighted by Gasteiger charge is -2.28. The zero-order chi connectivity index (χ0) is 12.4. The molecule has 0 radical (unpaired) electrons. The van der Waals surface area contributed by atoms with Crippen LogP contribution in [0.5, 0.6) is 0 Å². The van der Waals surface area contributed by atoms with E-state index in [-0.39, 0.29) is 5.91 Å². The molecule has 0 saturated carbocycles. The van der Waals surface area contributed by atoms with Crippen LogP contribution in [0, 0.1) is 5.92 Å². The van der Waals surface area contributed by atoms with Gasteiger partial charge in [0.1, 0.15) is 0 Å². The lowest BCUT2D eigenvalue weighted by atomic mass is 9.94. The molecule has 0 aliphatic carbocycles. The van der Waals surface area contributed by atoms with Crippen molar-refractivity contribution in [1.29, 1.82) is 0 Å². The van der Waals surface area contributed by atoms with Crippen molar-refractivity contribution in [1.82, 2.24) is 15.1 Å². The average molecular weight is 253 g/mol. The molecular weight excluding hydrogens is 230 g/mol. The maximum atomic E-state index is 12.2. The zero-order valence-corrected chi connectivity index (χ0v) is 10.9. The molecule has 1 N–H and O–H groups in total. The summed E-state index contributed by atoms with van der Waals surface area (Å²) in [7, 11) is 0. The Labute approximate surface area is 108 Å². The normalized spacial score (nSPS) is 33.4. The molecule has 0 bridgehead atoms. The fraction of sp³-hybridized carbons (Fsp3) is 0.923. The molecular formula is C13H23N3O2. The number of morpholine rings is 1. The van der Waals surface area contributed by atoms with Gasteiger partial charge in [0.05, 0.1) is 19.8 Å². The maximum absolute atomic E-state index is 12.2. The van der Waals surface area contributed by atoms with Crippen LogP contribution in [0.3, 0.4) is 0 Å². The van der Waals surface area contributed by atoms with Crippen molar-refractivity contribution in [3.8, 4) is 0 Å². The Morgan fingerprint density at radius 3 is 2.89 bits per heavy atom. The van der Waals surface area contributed by atoms with Gasteiger partial charge in [-0.25, -0.2) is 0 Å². The molecule has 3 fully saturated rings. The molecule has 3 rings (SSSR count). The Morgan fingerprint density at radius 1 is 1.28 bits per heavy atom. The molecule has 0 aromatic carbocycles. The Bertz CT molecular complexity index is 291. The average Bonchev–Trinajstić information content (AvgIpc) is 2.82. The highest BCUT2D eigenvalue weighted by molar-refractivity contribution is 5.78. The molecule has 0 aromatic heterocycles. The smallest absolute Gasteiger partial charge is 0.236 e. The molecule has 3 saturated heterocycles. The summed E-state index contributed by atoms with van der Waals surface area (Å²) >= 11 is 0. The van der Waals surface area contributed by atoms with Crippen LogP contribution in [0.1, 0.15) is 12.8 Å². The summed E-state index contributed by atoms with van der Waals surface area (Å²) in [5.74, 6) is 1.04. The van der Waals surface area contributed by atoms with Gasteiger partial charge in [-0.2, -0.15) is 0 Å². The minimum absolute atomic E-state index is 0.275. The van der Waals surface area contributed by atoms with Crippen LogP contribution in [-0.4, -0.2) is 74.2 Å². The number of hydrogen-bond donors (Lipinski definition) is 1. The van der Waals surface area contributed by atoms with Gasteiger partial charge < -0.3 is 15.0 Å². The largest absolute Gasteiger partial charge is 0.378 e. The number of fused-ring (bicyclic) bond motifs is 1. The highest BCUT2D eigenvalue weighted by atomic mass is 16.5. The molecule has 0 spiro atoms. The second-order valence-electron chi connectivity index (χ2n) is 5.65. The molecule has 102 valence electrons. The number of carbonyl (C=O) groups is 1. The summed E-state index contributed by atoms with van der Waals surface area (Å²) in [5.41, 5.74) is 0. The molecule has 5 heteroatoms. The fourth-order valence-corrected chi connectivity index (χ4v) is 3.37. The first-order valence-corrected chi connectivity index (χ1v) is 7.14. The Kier molecular flexibility index (Phi) is 3.82. The van der Waals surface area contributed by atoms with Crippen molar-refractivity contribution in [3.05, 3.63) is 0 Å². The summed E-state index contributed by atoms with van der Waals surface area (Å²) in [6.45, 7) is 6.78. The third kappa shape index (κ3) is 2.68. The van der Waals surface area contributed by atoms with Gasteiger partial charge in [0.2, 0.25) is 5.91 Å². The summed E-state index contributed by atoms with van der Waals surface area (Å²) < 4.78 is 5.28. The van der Waals surface area contributed by atoms with Gasteiger partial charge in [-0.15, -0.1) is 0 Å².